The normalized spacial score (nSPS) is 23.3. The Kier molecular flexibility index (Phi) is 6.27. The van der Waals surface area contributed by atoms with Crippen LogP contribution < -0.4 is 11.1 Å². The van der Waals surface area contributed by atoms with E-state index in [0.717, 1.165) is 18.4 Å². The molecule has 0 bridgehead atoms. The number of nitrogens with two attached hydrogens (primary N) is 1. The molecule has 1 aromatic rings. The van der Waals surface area contributed by atoms with E-state index in [-0.39, 0.29) is 5.54 Å². The number of nitrogens with zero attached hydrogens (tertiary/aromatic N) is 2. The zero-order valence-electron chi connectivity index (χ0n) is 16.0. The summed E-state index contributed by atoms with van der Waals surface area (Å²) in [6, 6.07) is 8.78. The minimum absolute atomic E-state index is 0.0554. The van der Waals surface area contributed by atoms with E-state index in [2.05, 4.69) is 74.1 Å². The van der Waals surface area contributed by atoms with Gasteiger partial charge >= 0.3 is 0 Å². The van der Waals surface area contributed by atoms with E-state index >= 15 is 0 Å². The molecule has 0 spiro atoms. The molecule has 4 nitrogen and oxygen atoms in total. The van der Waals surface area contributed by atoms with Gasteiger partial charge in [0, 0.05) is 25.2 Å². The molecule has 4 heteroatoms. The van der Waals surface area contributed by atoms with Crippen molar-refractivity contribution in [2.75, 3.05) is 13.1 Å². The second-order valence-electron chi connectivity index (χ2n) is 8.53. The van der Waals surface area contributed by atoms with Gasteiger partial charge in [-0.05, 0) is 50.2 Å². The molecule has 1 saturated heterocycles. The average molecular weight is 331 g/mol. The van der Waals surface area contributed by atoms with Gasteiger partial charge < -0.3 is 11.1 Å². The first-order valence-electron chi connectivity index (χ1n) is 9.09. The van der Waals surface area contributed by atoms with Crippen LogP contribution in [0.15, 0.2) is 29.3 Å². The third kappa shape index (κ3) is 6.52. The Hall–Kier alpha value is -1.55. The number of guanidine groups is 1. The molecule has 0 radical (unpaired) electrons. The van der Waals surface area contributed by atoms with Crippen molar-refractivity contribution in [3.05, 3.63) is 35.4 Å². The van der Waals surface area contributed by atoms with E-state index in [1.807, 2.05) is 0 Å². The highest BCUT2D eigenvalue weighted by Crippen LogP contribution is 2.22. The number of hydrogen-bond donors (Lipinski definition) is 2. The Bertz CT molecular complexity index is 532. The van der Waals surface area contributed by atoms with Crippen LogP contribution in [0.5, 0.6) is 0 Å². The molecule has 0 aromatic heterocycles. The number of likely N-dealkylation sites (tertiary alicyclic amines) is 1. The molecule has 0 aliphatic carbocycles. The summed E-state index contributed by atoms with van der Waals surface area (Å²) in [5.74, 6) is 2.11. The van der Waals surface area contributed by atoms with Crippen LogP contribution in [0.4, 0.5) is 0 Å². The lowest BCUT2D eigenvalue weighted by atomic mass is 9.91. The zero-order valence-corrected chi connectivity index (χ0v) is 16.0. The Balaban J connectivity index is 1.87. The lowest BCUT2D eigenvalue weighted by Crippen LogP contribution is -2.44. The van der Waals surface area contributed by atoms with Crippen molar-refractivity contribution in [1.29, 1.82) is 0 Å². The minimum atomic E-state index is -0.0554. The van der Waals surface area contributed by atoms with Gasteiger partial charge in [0.25, 0.3) is 0 Å². The average Bonchev–Trinajstić information content (AvgIpc) is 2.43. The van der Waals surface area contributed by atoms with Crippen LogP contribution in [-0.2, 0) is 13.1 Å². The van der Waals surface area contributed by atoms with Crippen LogP contribution in [0.2, 0.25) is 0 Å². The summed E-state index contributed by atoms with van der Waals surface area (Å²) in [7, 11) is 0. The highest BCUT2D eigenvalue weighted by atomic mass is 15.1. The fraction of sp³-hybridized carbons (Fsp3) is 0.650. The Labute approximate surface area is 147 Å². The summed E-state index contributed by atoms with van der Waals surface area (Å²) in [5.41, 5.74) is 8.44. The summed E-state index contributed by atoms with van der Waals surface area (Å²) in [6.07, 6.45) is 1.36. The van der Waals surface area contributed by atoms with E-state index in [1.165, 1.54) is 30.6 Å². The van der Waals surface area contributed by atoms with E-state index in [4.69, 9.17) is 5.73 Å². The molecule has 1 aliphatic rings. The second kappa shape index (κ2) is 8.02. The molecule has 134 valence electrons. The zero-order chi connectivity index (χ0) is 17.7. The second-order valence-corrected chi connectivity index (χ2v) is 8.53. The molecular formula is C20H34N4. The SMILES string of the molecule is CC1CC(C)CN(Cc2ccc(CN=C(N)NC(C)(C)C)cc2)C1. The highest BCUT2D eigenvalue weighted by Gasteiger charge is 2.21. The van der Waals surface area contributed by atoms with E-state index in [0.29, 0.717) is 12.5 Å². The van der Waals surface area contributed by atoms with Gasteiger partial charge in [-0.1, -0.05) is 38.1 Å². The van der Waals surface area contributed by atoms with Crippen molar-refractivity contribution in [3.63, 3.8) is 0 Å². The maximum absolute atomic E-state index is 5.92. The minimum Gasteiger partial charge on any atom is -0.370 e. The van der Waals surface area contributed by atoms with Crippen LogP contribution in [0.3, 0.4) is 0 Å². The molecule has 1 aromatic carbocycles. The number of nitrogens with one attached hydrogen (secondary N) is 1. The quantitative estimate of drug-likeness (QED) is 0.657. The number of rotatable bonds is 4. The van der Waals surface area contributed by atoms with Gasteiger partial charge in [0.05, 0.1) is 6.54 Å². The van der Waals surface area contributed by atoms with Crippen molar-refractivity contribution < 1.29 is 0 Å². The van der Waals surface area contributed by atoms with Gasteiger partial charge in [-0.15, -0.1) is 0 Å². The standard InChI is InChI=1S/C20H34N4/c1-15-10-16(2)13-24(12-15)14-18-8-6-17(7-9-18)11-22-19(21)23-20(3,4)5/h6-9,15-16H,10-14H2,1-5H3,(H3,21,22,23). The molecule has 2 unspecified atom stereocenters. The summed E-state index contributed by atoms with van der Waals surface area (Å²) in [4.78, 5) is 7.00. The molecule has 2 rings (SSSR count). The highest BCUT2D eigenvalue weighted by molar-refractivity contribution is 5.78. The Morgan fingerprint density at radius 1 is 1.12 bits per heavy atom. The number of piperidine rings is 1. The van der Waals surface area contributed by atoms with Gasteiger partial charge in [-0.3, -0.25) is 4.90 Å². The van der Waals surface area contributed by atoms with E-state index < -0.39 is 0 Å². The maximum atomic E-state index is 5.92. The predicted molar refractivity (Wildman–Crippen MR) is 103 cm³/mol. The number of hydrogen-bond acceptors (Lipinski definition) is 2. The van der Waals surface area contributed by atoms with Gasteiger partial charge in [0.1, 0.15) is 0 Å². The fourth-order valence-corrected chi connectivity index (χ4v) is 3.53. The Morgan fingerprint density at radius 2 is 1.67 bits per heavy atom. The molecule has 0 saturated carbocycles. The molecular weight excluding hydrogens is 296 g/mol. The van der Waals surface area contributed by atoms with Crippen LogP contribution >= 0.6 is 0 Å². The first-order chi connectivity index (χ1) is 11.2. The molecule has 1 heterocycles. The predicted octanol–water partition coefficient (Wildman–Crippen LogP) is 3.37. The molecule has 1 fully saturated rings. The van der Waals surface area contributed by atoms with Crippen LogP contribution in [0, 0.1) is 11.8 Å². The first kappa shape index (κ1) is 18.8. The molecule has 1 aliphatic heterocycles. The van der Waals surface area contributed by atoms with Crippen LogP contribution in [0.25, 0.3) is 0 Å². The first-order valence-corrected chi connectivity index (χ1v) is 9.09. The van der Waals surface area contributed by atoms with Gasteiger partial charge in [-0.25, -0.2) is 4.99 Å². The van der Waals surface area contributed by atoms with Gasteiger partial charge in [-0.2, -0.15) is 0 Å². The molecule has 2 atom stereocenters. The van der Waals surface area contributed by atoms with E-state index in [9.17, 15) is 0 Å². The van der Waals surface area contributed by atoms with E-state index in [1.54, 1.807) is 0 Å². The maximum Gasteiger partial charge on any atom is 0.189 e. The summed E-state index contributed by atoms with van der Waals surface area (Å²) in [6.45, 7) is 15.0. The topological polar surface area (TPSA) is 53.6 Å². The van der Waals surface area contributed by atoms with Crippen molar-refractivity contribution in [3.8, 4) is 0 Å². The summed E-state index contributed by atoms with van der Waals surface area (Å²) < 4.78 is 0. The number of benzene rings is 1. The van der Waals surface area contributed by atoms with Gasteiger partial charge in [0.2, 0.25) is 0 Å². The molecule has 3 N–H and O–H groups in total. The third-order valence-electron chi connectivity index (χ3n) is 4.31. The smallest absolute Gasteiger partial charge is 0.189 e. The lowest BCUT2D eigenvalue weighted by Gasteiger charge is -2.35. The largest absolute Gasteiger partial charge is 0.370 e. The number of aliphatic imine (C=N–C) groups is 1. The summed E-state index contributed by atoms with van der Waals surface area (Å²) in [5, 5.41) is 3.18. The van der Waals surface area contributed by atoms with Crippen molar-refractivity contribution in [1.82, 2.24) is 10.2 Å². The fourth-order valence-electron chi connectivity index (χ4n) is 3.53. The van der Waals surface area contributed by atoms with Crippen molar-refractivity contribution >= 4 is 5.96 Å². The van der Waals surface area contributed by atoms with Crippen LogP contribution in [0.1, 0.15) is 52.2 Å². The van der Waals surface area contributed by atoms with Crippen molar-refractivity contribution in [2.24, 2.45) is 22.6 Å². The third-order valence-corrected chi connectivity index (χ3v) is 4.31. The molecule has 24 heavy (non-hydrogen) atoms. The van der Waals surface area contributed by atoms with Crippen molar-refractivity contribution in [2.45, 2.75) is 59.7 Å². The van der Waals surface area contributed by atoms with Crippen LogP contribution in [-0.4, -0.2) is 29.5 Å². The lowest BCUT2D eigenvalue weighted by molar-refractivity contribution is 0.134. The Morgan fingerprint density at radius 3 is 2.21 bits per heavy atom. The summed E-state index contributed by atoms with van der Waals surface area (Å²) >= 11 is 0. The molecule has 0 amide bonds. The monoisotopic (exact) mass is 330 g/mol. The van der Waals surface area contributed by atoms with Gasteiger partial charge in [0.15, 0.2) is 5.96 Å².